The molecule has 1 amide bonds. The van der Waals surface area contributed by atoms with Crippen molar-refractivity contribution in [1.29, 1.82) is 0 Å². The van der Waals surface area contributed by atoms with E-state index in [-0.39, 0.29) is 5.91 Å². The zero-order valence-corrected chi connectivity index (χ0v) is 15.3. The normalized spacial score (nSPS) is 12.9. The highest BCUT2D eigenvalue weighted by Gasteiger charge is 2.24. The SMILES string of the molecule is COC(=O)c1cc(C(=O)N(C)Cc2nc(C)cs2)cc2c1CCCO2. The van der Waals surface area contributed by atoms with Crippen molar-refractivity contribution in [2.24, 2.45) is 0 Å². The van der Waals surface area contributed by atoms with Gasteiger partial charge in [0.25, 0.3) is 5.91 Å². The molecule has 0 atom stereocenters. The first kappa shape index (κ1) is 17.4. The van der Waals surface area contributed by atoms with Gasteiger partial charge in [-0.3, -0.25) is 4.79 Å². The molecule has 0 bridgehead atoms. The van der Waals surface area contributed by atoms with Gasteiger partial charge >= 0.3 is 5.97 Å². The van der Waals surface area contributed by atoms with Crippen LogP contribution in [0.2, 0.25) is 0 Å². The van der Waals surface area contributed by atoms with Crippen LogP contribution in [0.5, 0.6) is 5.75 Å². The van der Waals surface area contributed by atoms with Crippen LogP contribution in [-0.4, -0.2) is 42.5 Å². The number of methoxy groups -OCH3 is 1. The average molecular weight is 360 g/mol. The molecule has 2 heterocycles. The largest absolute Gasteiger partial charge is 0.493 e. The zero-order valence-electron chi connectivity index (χ0n) is 14.5. The molecule has 1 aliphatic heterocycles. The van der Waals surface area contributed by atoms with E-state index in [0.29, 0.717) is 30.0 Å². The molecule has 0 unspecified atom stereocenters. The molecule has 0 saturated carbocycles. The highest BCUT2D eigenvalue weighted by atomic mass is 32.1. The molecular formula is C18H20N2O4S. The summed E-state index contributed by atoms with van der Waals surface area (Å²) in [6.45, 7) is 2.92. The Morgan fingerprint density at radius 2 is 2.20 bits per heavy atom. The number of hydrogen-bond donors (Lipinski definition) is 0. The minimum Gasteiger partial charge on any atom is -0.493 e. The zero-order chi connectivity index (χ0) is 18.0. The predicted octanol–water partition coefficient (Wildman–Crippen LogP) is 2.84. The molecule has 0 radical (unpaired) electrons. The summed E-state index contributed by atoms with van der Waals surface area (Å²) in [5.41, 5.74) is 2.57. The second-order valence-corrected chi connectivity index (χ2v) is 6.93. The summed E-state index contributed by atoms with van der Waals surface area (Å²) in [6.07, 6.45) is 1.58. The van der Waals surface area contributed by atoms with Gasteiger partial charge in [-0.05, 0) is 31.9 Å². The number of ether oxygens (including phenoxy) is 2. The molecule has 0 spiro atoms. The highest BCUT2D eigenvalue weighted by molar-refractivity contribution is 7.09. The third kappa shape index (κ3) is 3.66. The standard InChI is InChI=1S/C18H20N2O4S/c1-11-10-25-16(19-11)9-20(2)17(21)12-7-14(18(22)23-3)13-5-4-6-24-15(13)8-12/h7-8,10H,4-6,9H2,1-3H3. The number of carbonyl (C=O) groups is 2. The quantitative estimate of drug-likeness (QED) is 0.784. The number of hydrogen-bond acceptors (Lipinski definition) is 6. The number of thiazole rings is 1. The van der Waals surface area contributed by atoms with E-state index in [4.69, 9.17) is 9.47 Å². The number of amides is 1. The molecule has 1 aliphatic rings. The van der Waals surface area contributed by atoms with Gasteiger partial charge < -0.3 is 14.4 Å². The lowest BCUT2D eigenvalue weighted by molar-refractivity contribution is 0.0598. The molecule has 0 fully saturated rings. The van der Waals surface area contributed by atoms with Crippen molar-refractivity contribution in [3.63, 3.8) is 0 Å². The van der Waals surface area contributed by atoms with Crippen molar-refractivity contribution < 1.29 is 19.1 Å². The van der Waals surface area contributed by atoms with Crippen molar-refractivity contribution in [2.45, 2.75) is 26.3 Å². The van der Waals surface area contributed by atoms with Gasteiger partial charge in [0.05, 0.1) is 25.8 Å². The van der Waals surface area contributed by atoms with Crippen LogP contribution in [0.1, 0.15) is 43.4 Å². The Balaban J connectivity index is 1.90. The summed E-state index contributed by atoms with van der Waals surface area (Å²) in [6, 6.07) is 3.32. The van der Waals surface area contributed by atoms with Gasteiger partial charge in [-0.25, -0.2) is 9.78 Å². The predicted molar refractivity (Wildman–Crippen MR) is 94.2 cm³/mol. The van der Waals surface area contributed by atoms with E-state index in [1.807, 2.05) is 12.3 Å². The lowest BCUT2D eigenvalue weighted by Gasteiger charge is -2.22. The maximum absolute atomic E-state index is 12.8. The fourth-order valence-electron chi connectivity index (χ4n) is 2.85. The second-order valence-electron chi connectivity index (χ2n) is 5.99. The Morgan fingerprint density at radius 3 is 2.88 bits per heavy atom. The summed E-state index contributed by atoms with van der Waals surface area (Å²) in [5.74, 6) is -0.0411. The van der Waals surface area contributed by atoms with Gasteiger partial charge in [0.2, 0.25) is 0 Å². The summed E-state index contributed by atoms with van der Waals surface area (Å²) < 4.78 is 10.5. The summed E-state index contributed by atoms with van der Waals surface area (Å²) >= 11 is 1.52. The Kier molecular flexibility index (Phi) is 5.03. The lowest BCUT2D eigenvalue weighted by atomic mass is 9.96. The van der Waals surface area contributed by atoms with Gasteiger partial charge in [0.15, 0.2) is 0 Å². The molecule has 1 aromatic carbocycles. The molecular weight excluding hydrogens is 340 g/mol. The highest BCUT2D eigenvalue weighted by Crippen LogP contribution is 2.31. The van der Waals surface area contributed by atoms with E-state index in [2.05, 4.69) is 4.98 Å². The van der Waals surface area contributed by atoms with Gasteiger partial charge in [0, 0.05) is 29.2 Å². The van der Waals surface area contributed by atoms with Crippen molar-refractivity contribution in [3.8, 4) is 5.75 Å². The molecule has 25 heavy (non-hydrogen) atoms. The van der Waals surface area contributed by atoms with Crippen LogP contribution >= 0.6 is 11.3 Å². The molecule has 2 aromatic rings. The van der Waals surface area contributed by atoms with Gasteiger partial charge in [0.1, 0.15) is 10.8 Å². The van der Waals surface area contributed by atoms with Crippen LogP contribution in [0.4, 0.5) is 0 Å². The number of esters is 1. The van der Waals surface area contributed by atoms with Gasteiger partial charge in [-0.2, -0.15) is 0 Å². The maximum atomic E-state index is 12.8. The second kappa shape index (κ2) is 7.23. The maximum Gasteiger partial charge on any atom is 0.338 e. The van der Waals surface area contributed by atoms with Crippen LogP contribution in [0.25, 0.3) is 0 Å². The van der Waals surface area contributed by atoms with Crippen molar-refractivity contribution >= 4 is 23.2 Å². The van der Waals surface area contributed by atoms with Crippen molar-refractivity contribution in [3.05, 3.63) is 44.9 Å². The minimum absolute atomic E-state index is 0.185. The van der Waals surface area contributed by atoms with E-state index >= 15 is 0 Å². The van der Waals surface area contributed by atoms with Crippen molar-refractivity contribution in [1.82, 2.24) is 9.88 Å². The fraction of sp³-hybridized carbons (Fsp3) is 0.389. The fourth-order valence-corrected chi connectivity index (χ4v) is 3.67. The molecule has 0 aliphatic carbocycles. The van der Waals surface area contributed by atoms with E-state index in [1.54, 1.807) is 24.1 Å². The van der Waals surface area contributed by atoms with Crippen LogP contribution < -0.4 is 4.74 Å². The molecule has 6 nitrogen and oxygen atoms in total. The molecule has 1 aromatic heterocycles. The smallest absolute Gasteiger partial charge is 0.338 e. The third-order valence-corrected chi connectivity index (χ3v) is 5.03. The molecule has 0 saturated heterocycles. The molecule has 0 N–H and O–H groups in total. The van der Waals surface area contributed by atoms with Crippen LogP contribution in [0.15, 0.2) is 17.5 Å². The number of aryl methyl sites for hydroxylation is 1. The Bertz CT molecular complexity index is 815. The van der Waals surface area contributed by atoms with E-state index in [1.165, 1.54) is 18.4 Å². The lowest BCUT2D eigenvalue weighted by Crippen LogP contribution is -2.27. The number of aromatic nitrogens is 1. The number of rotatable bonds is 4. The number of nitrogens with zero attached hydrogens (tertiary/aromatic N) is 2. The Morgan fingerprint density at radius 1 is 1.40 bits per heavy atom. The minimum atomic E-state index is -0.449. The number of carbonyl (C=O) groups excluding carboxylic acids is 2. The topological polar surface area (TPSA) is 68.7 Å². The molecule has 7 heteroatoms. The Labute approximate surface area is 150 Å². The summed E-state index contributed by atoms with van der Waals surface area (Å²) in [4.78, 5) is 30.9. The molecule has 132 valence electrons. The molecule has 3 rings (SSSR count). The summed E-state index contributed by atoms with van der Waals surface area (Å²) in [7, 11) is 3.06. The van der Waals surface area contributed by atoms with E-state index < -0.39 is 5.97 Å². The monoisotopic (exact) mass is 360 g/mol. The van der Waals surface area contributed by atoms with Gasteiger partial charge in [-0.1, -0.05) is 0 Å². The third-order valence-electron chi connectivity index (χ3n) is 4.08. The van der Waals surface area contributed by atoms with Crippen molar-refractivity contribution in [2.75, 3.05) is 20.8 Å². The van der Waals surface area contributed by atoms with Crippen LogP contribution in [0, 0.1) is 6.92 Å². The average Bonchev–Trinajstić information content (AvgIpc) is 3.04. The first-order valence-corrected chi connectivity index (χ1v) is 8.92. The first-order chi connectivity index (χ1) is 12.0. The number of benzene rings is 1. The van der Waals surface area contributed by atoms with E-state index in [0.717, 1.165) is 29.1 Å². The number of fused-ring (bicyclic) bond motifs is 1. The van der Waals surface area contributed by atoms with Crippen LogP contribution in [-0.2, 0) is 17.7 Å². The summed E-state index contributed by atoms with van der Waals surface area (Å²) in [5, 5.41) is 2.83. The van der Waals surface area contributed by atoms with E-state index in [9.17, 15) is 9.59 Å². The van der Waals surface area contributed by atoms with Gasteiger partial charge in [-0.15, -0.1) is 11.3 Å². The van der Waals surface area contributed by atoms with Crippen LogP contribution in [0.3, 0.4) is 0 Å². The Hall–Kier alpha value is -2.41. The first-order valence-electron chi connectivity index (χ1n) is 8.04.